The lowest BCUT2D eigenvalue weighted by molar-refractivity contribution is -0.138. The van der Waals surface area contributed by atoms with E-state index in [0.29, 0.717) is 31.6 Å². The van der Waals surface area contributed by atoms with E-state index in [4.69, 9.17) is 14.2 Å². The smallest absolute Gasteiger partial charge is 0.419 e. The Labute approximate surface area is 186 Å². The molecule has 0 aromatic heterocycles. The number of nitrogens with zero attached hydrogens (tertiary/aromatic N) is 1. The van der Waals surface area contributed by atoms with E-state index in [0.717, 1.165) is 38.7 Å². The monoisotopic (exact) mass is 531 g/mol. The van der Waals surface area contributed by atoms with Gasteiger partial charge in [0.25, 0.3) is 0 Å². The number of para-hydroxylation sites is 1. The van der Waals surface area contributed by atoms with E-state index in [-0.39, 0.29) is 36.3 Å². The number of nitrogens with one attached hydrogen (secondary N) is 2. The molecule has 0 spiro atoms. The third-order valence-electron chi connectivity index (χ3n) is 4.20. The van der Waals surface area contributed by atoms with Gasteiger partial charge in [-0.25, -0.2) is 0 Å². The SMILES string of the molecule is CN=C(NCCCOCC1CCOC1)NCCOc1ccccc1C(F)(F)F.I. The summed E-state index contributed by atoms with van der Waals surface area (Å²) >= 11 is 0. The molecule has 0 aliphatic carbocycles. The zero-order valence-electron chi connectivity index (χ0n) is 16.5. The number of alkyl halides is 3. The zero-order valence-corrected chi connectivity index (χ0v) is 18.8. The van der Waals surface area contributed by atoms with Crippen LogP contribution in [0.1, 0.15) is 18.4 Å². The van der Waals surface area contributed by atoms with Crippen LogP contribution in [0.2, 0.25) is 0 Å². The van der Waals surface area contributed by atoms with Gasteiger partial charge in [-0.3, -0.25) is 4.99 Å². The van der Waals surface area contributed by atoms with Gasteiger partial charge in [-0.05, 0) is 25.0 Å². The predicted octanol–water partition coefficient (Wildman–Crippen LogP) is 3.31. The van der Waals surface area contributed by atoms with Crippen LogP contribution in [0, 0.1) is 5.92 Å². The van der Waals surface area contributed by atoms with E-state index >= 15 is 0 Å². The lowest BCUT2D eigenvalue weighted by Crippen LogP contribution is -2.40. The second-order valence-corrected chi connectivity index (χ2v) is 6.43. The topological polar surface area (TPSA) is 64.1 Å². The molecule has 1 aliphatic heterocycles. The summed E-state index contributed by atoms with van der Waals surface area (Å²) in [4.78, 5) is 4.07. The van der Waals surface area contributed by atoms with Gasteiger partial charge in [0.1, 0.15) is 12.4 Å². The van der Waals surface area contributed by atoms with Crippen molar-refractivity contribution in [3.8, 4) is 5.75 Å². The Bertz CT molecular complexity index is 612. The number of hydrogen-bond donors (Lipinski definition) is 2. The summed E-state index contributed by atoms with van der Waals surface area (Å²) in [5.74, 6) is 0.895. The molecule has 1 atom stereocenters. The van der Waals surface area contributed by atoms with E-state index in [2.05, 4.69) is 15.6 Å². The van der Waals surface area contributed by atoms with Crippen molar-refractivity contribution >= 4 is 29.9 Å². The molecular weight excluding hydrogens is 502 g/mol. The third-order valence-corrected chi connectivity index (χ3v) is 4.20. The molecule has 1 fully saturated rings. The summed E-state index contributed by atoms with van der Waals surface area (Å²) in [5.41, 5.74) is -0.776. The molecule has 1 aliphatic rings. The molecular formula is C19H29F3IN3O3. The Morgan fingerprint density at radius 3 is 2.66 bits per heavy atom. The zero-order chi connectivity index (χ0) is 20.2. The van der Waals surface area contributed by atoms with E-state index in [1.165, 1.54) is 18.2 Å². The standard InChI is InChI=1S/C19H28F3N3O3.HI/c1-23-18(24-8-4-10-26-13-15-7-11-27-14-15)25-9-12-28-17-6-3-2-5-16(17)19(20,21)22;/h2-3,5-6,15H,4,7-14H2,1H3,(H2,23,24,25);1H. The third kappa shape index (κ3) is 9.85. The Kier molecular flexibility index (Phi) is 12.3. The van der Waals surface area contributed by atoms with Crippen molar-refractivity contribution in [3.63, 3.8) is 0 Å². The lowest BCUT2D eigenvalue weighted by atomic mass is 10.1. The molecule has 1 unspecified atom stereocenters. The first-order valence-corrected chi connectivity index (χ1v) is 9.39. The first kappa shape index (κ1) is 25.8. The van der Waals surface area contributed by atoms with Gasteiger partial charge in [0.15, 0.2) is 5.96 Å². The first-order chi connectivity index (χ1) is 13.5. The molecule has 0 saturated carbocycles. The normalized spacial score (nSPS) is 17.0. The molecule has 29 heavy (non-hydrogen) atoms. The van der Waals surface area contributed by atoms with Crippen LogP contribution in [0.3, 0.4) is 0 Å². The molecule has 2 N–H and O–H groups in total. The molecule has 1 saturated heterocycles. The van der Waals surface area contributed by atoms with Gasteiger partial charge in [0, 0.05) is 32.7 Å². The summed E-state index contributed by atoms with van der Waals surface area (Å²) in [5, 5.41) is 6.14. The second kappa shape index (κ2) is 13.9. The first-order valence-electron chi connectivity index (χ1n) is 9.39. The minimum absolute atomic E-state index is 0. The summed E-state index contributed by atoms with van der Waals surface area (Å²) in [6.45, 7) is 4.07. The van der Waals surface area contributed by atoms with Crippen LogP contribution in [0.5, 0.6) is 5.75 Å². The number of benzene rings is 1. The number of guanidine groups is 1. The van der Waals surface area contributed by atoms with Crippen molar-refractivity contribution in [2.75, 3.05) is 53.2 Å². The maximum Gasteiger partial charge on any atom is 0.419 e. The minimum atomic E-state index is -4.44. The van der Waals surface area contributed by atoms with Gasteiger partial charge >= 0.3 is 6.18 Å². The number of ether oxygens (including phenoxy) is 3. The van der Waals surface area contributed by atoms with Crippen molar-refractivity contribution in [3.05, 3.63) is 29.8 Å². The summed E-state index contributed by atoms with van der Waals surface area (Å²) in [6.07, 6.45) is -2.55. The van der Waals surface area contributed by atoms with Gasteiger partial charge in [-0.15, -0.1) is 24.0 Å². The Morgan fingerprint density at radius 2 is 1.97 bits per heavy atom. The average Bonchev–Trinajstić information content (AvgIpc) is 3.19. The van der Waals surface area contributed by atoms with Crippen LogP contribution >= 0.6 is 24.0 Å². The van der Waals surface area contributed by atoms with E-state index < -0.39 is 11.7 Å². The number of rotatable bonds is 10. The molecule has 166 valence electrons. The van der Waals surface area contributed by atoms with Gasteiger partial charge in [-0.1, -0.05) is 12.1 Å². The molecule has 0 amide bonds. The average molecular weight is 531 g/mol. The highest BCUT2D eigenvalue weighted by Gasteiger charge is 2.33. The highest BCUT2D eigenvalue weighted by Crippen LogP contribution is 2.35. The molecule has 10 heteroatoms. The van der Waals surface area contributed by atoms with E-state index in [1.807, 2.05) is 0 Å². The van der Waals surface area contributed by atoms with Gasteiger partial charge in [0.2, 0.25) is 0 Å². The van der Waals surface area contributed by atoms with Crippen LogP contribution < -0.4 is 15.4 Å². The van der Waals surface area contributed by atoms with Crippen molar-refractivity contribution in [2.45, 2.75) is 19.0 Å². The maximum absolute atomic E-state index is 12.9. The number of halogens is 4. The van der Waals surface area contributed by atoms with Crippen molar-refractivity contribution in [1.82, 2.24) is 10.6 Å². The quantitative estimate of drug-likeness (QED) is 0.210. The molecule has 1 heterocycles. The Hall–Kier alpha value is -1.27. The van der Waals surface area contributed by atoms with Crippen molar-refractivity contribution in [1.29, 1.82) is 0 Å². The maximum atomic E-state index is 12.9. The van der Waals surface area contributed by atoms with Gasteiger partial charge in [0.05, 0.1) is 25.3 Å². The van der Waals surface area contributed by atoms with Crippen LogP contribution in [0.4, 0.5) is 13.2 Å². The molecule has 6 nitrogen and oxygen atoms in total. The van der Waals surface area contributed by atoms with Gasteiger partial charge < -0.3 is 24.8 Å². The lowest BCUT2D eigenvalue weighted by Gasteiger charge is -2.15. The van der Waals surface area contributed by atoms with Crippen molar-refractivity contribution in [2.24, 2.45) is 10.9 Å². The Morgan fingerprint density at radius 1 is 1.21 bits per heavy atom. The molecule has 2 rings (SSSR count). The largest absolute Gasteiger partial charge is 0.491 e. The number of hydrogen-bond acceptors (Lipinski definition) is 4. The van der Waals surface area contributed by atoms with Crippen LogP contribution in [-0.4, -0.2) is 59.1 Å². The minimum Gasteiger partial charge on any atom is -0.491 e. The fraction of sp³-hybridized carbons (Fsp3) is 0.632. The highest BCUT2D eigenvalue weighted by atomic mass is 127. The van der Waals surface area contributed by atoms with Crippen LogP contribution in [-0.2, 0) is 15.7 Å². The second-order valence-electron chi connectivity index (χ2n) is 6.43. The van der Waals surface area contributed by atoms with Crippen LogP contribution in [0.25, 0.3) is 0 Å². The predicted molar refractivity (Wildman–Crippen MR) is 116 cm³/mol. The fourth-order valence-electron chi connectivity index (χ4n) is 2.72. The van der Waals surface area contributed by atoms with E-state index in [9.17, 15) is 13.2 Å². The van der Waals surface area contributed by atoms with Gasteiger partial charge in [-0.2, -0.15) is 13.2 Å². The molecule has 0 bridgehead atoms. The van der Waals surface area contributed by atoms with Crippen molar-refractivity contribution < 1.29 is 27.4 Å². The summed E-state index contributed by atoms with van der Waals surface area (Å²) < 4.78 is 54.9. The van der Waals surface area contributed by atoms with Crippen LogP contribution in [0.15, 0.2) is 29.3 Å². The summed E-state index contributed by atoms with van der Waals surface area (Å²) in [6, 6.07) is 5.17. The number of aliphatic imine (C=N–C) groups is 1. The molecule has 0 radical (unpaired) electrons. The fourth-order valence-corrected chi connectivity index (χ4v) is 2.72. The molecule has 1 aromatic carbocycles. The summed E-state index contributed by atoms with van der Waals surface area (Å²) in [7, 11) is 1.63. The Balaban J connectivity index is 0.00000420. The van der Waals surface area contributed by atoms with E-state index in [1.54, 1.807) is 7.05 Å². The highest BCUT2D eigenvalue weighted by molar-refractivity contribution is 14.0. The molecule has 1 aromatic rings.